The second kappa shape index (κ2) is 4.80. The van der Waals surface area contributed by atoms with Crippen molar-refractivity contribution in [2.24, 2.45) is 4.40 Å². The van der Waals surface area contributed by atoms with Gasteiger partial charge in [0.15, 0.2) is 0 Å². The fourth-order valence-corrected chi connectivity index (χ4v) is 2.95. The van der Waals surface area contributed by atoms with Crippen LogP contribution in [0.25, 0.3) is 0 Å². The summed E-state index contributed by atoms with van der Waals surface area (Å²) in [6.07, 6.45) is 1.82. The van der Waals surface area contributed by atoms with E-state index in [-0.39, 0.29) is 6.04 Å². The second-order valence-electron chi connectivity index (χ2n) is 4.85. The minimum absolute atomic E-state index is 0.178. The molecule has 0 bridgehead atoms. The van der Waals surface area contributed by atoms with Gasteiger partial charge < -0.3 is 10.2 Å². The number of fused-ring (bicyclic) bond motifs is 1. The molecule has 1 heterocycles. The van der Waals surface area contributed by atoms with Gasteiger partial charge in [-0.3, -0.25) is 0 Å². The lowest BCUT2D eigenvalue weighted by Crippen LogP contribution is -2.11. The minimum atomic E-state index is -4.01. The first kappa shape index (κ1) is 13.8. The maximum atomic E-state index is 13.9. The summed E-state index contributed by atoms with van der Waals surface area (Å²) in [5.74, 6) is -0.759. The van der Waals surface area contributed by atoms with Crippen LogP contribution < -0.4 is 5.32 Å². The van der Waals surface area contributed by atoms with Crippen molar-refractivity contribution < 1.29 is 12.8 Å². The van der Waals surface area contributed by atoms with E-state index < -0.39 is 20.7 Å². The molecule has 2 rings (SSSR count). The average Bonchev–Trinajstić information content (AvgIpc) is 2.64. The Morgan fingerprint density at radius 3 is 2.79 bits per heavy atom. The van der Waals surface area contributed by atoms with Gasteiger partial charge in [0.2, 0.25) is 0 Å². The summed E-state index contributed by atoms with van der Waals surface area (Å²) in [5, 5.41) is 3.11. The third-order valence-electron chi connectivity index (χ3n) is 2.78. The lowest BCUT2D eigenvalue weighted by atomic mass is 10.1. The van der Waals surface area contributed by atoms with E-state index >= 15 is 0 Å². The van der Waals surface area contributed by atoms with Gasteiger partial charge in [-0.2, -0.15) is 8.42 Å². The molecular weight excluding hydrogens is 269 g/mol. The van der Waals surface area contributed by atoms with Gasteiger partial charge in [0, 0.05) is 25.8 Å². The molecule has 1 unspecified atom stereocenters. The summed E-state index contributed by atoms with van der Waals surface area (Å²) in [6, 6.07) is 2.76. The quantitative estimate of drug-likeness (QED) is 0.674. The van der Waals surface area contributed by atoms with Gasteiger partial charge >= 0.3 is 0 Å². The lowest BCUT2D eigenvalue weighted by Gasteiger charge is -2.07. The van der Waals surface area contributed by atoms with Gasteiger partial charge in [-0.25, -0.2) is 4.39 Å². The van der Waals surface area contributed by atoms with Crippen LogP contribution in [0, 0.1) is 5.82 Å². The van der Waals surface area contributed by atoms with Crippen molar-refractivity contribution in [3.63, 3.8) is 0 Å². The number of hydrogen-bond donors (Lipinski definition) is 1. The minimum Gasteiger partial charge on any atom is -0.382 e. The Morgan fingerprint density at radius 2 is 2.16 bits per heavy atom. The van der Waals surface area contributed by atoms with Crippen molar-refractivity contribution in [1.82, 2.24) is 4.90 Å². The SMILES string of the molecule is CC1Cc2cc(F)c(S(=O)(=O)/N=C/N(C)C)cc2N1. The van der Waals surface area contributed by atoms with Gasteiger partial charge in [0.25, 0.3) is 10.0 Å². The average molecular weight is 285 g/mol. The molecule has 1 aromatic rings. The first-order chi connectivity index (χ1) is 8.79. The number of nitrogens with zero attached hydrogens (tertiary/aromatic N) is 2. The summed E-state index contributed by atoms with van der Waals surface area (Å²) in [5.41, 5.74) is 1.45. The molecule has 0 fully saturated rings. The number of rotatable bonds is 3. The molecule has 5 nitrogen and oxygen atoms in total. The molecule has 19 heavy (non-hydrogen) atoms. The molecule has 0 saturated carbocycles. The number of sulfonamides is 1. The van der Waals surface area contributed by atoms with Crippen molar-refractivity contribution in [2.75, 3.05) is 19.4 Å². The third-order valence-corrected chi connectivity index (χ3v) is 4.02. The summed E-state index contributed by atoms with van der Waals surface area (Å²) >= 11 is 0. The highest BCUT2D eigenvalue weighted by Crippen LogP contribution is 2.31. The highest BCUT2D eigenvalue weighted by atomic mass is 32.2. The van der Waals surface area contributed by atoms with Crippen LogP contribution >= 0.6 is 0 Å². The van der Waals surface area contributed by atoms with E-state index in [2.05, 4.69) is 9.71 Å². The van der Waals surface area contributed by atoms with Crippen LogP contribution in [-0.2, 0) is 16.4 Å². The van der Waals surface area contributed by atoms with Gasteiger partial charge in [-0.05, 0) is 31.0 Å². The number of anilines is 1. The molecule has 1 atom stereocenters. The van der Waals surface area contributed by atoms with Gasteiger partial charge in [0.1, 0.15) is 17.1 Å². The van der Waals surface area contributed by atoms with E-state index in [0.717, 1.165) is 11.9 Å². The summed E-state index contributed by atoms with van der Waals surface area (Å²) in [7, 11) is -0.732. The molecule has 1 N–H and O–H groups in total. The van der Waals surface area contributed by atoms with E-state index in [1.54, 1.807) is 14.1 Å². The van der Waals surface area contributed by atoms with Crippen LogP contribution in [-0.4, -0.2) is 39.8 Å². The zero-order valence-electron chi connectivity index (χ0n) is 11.0. The molecule has 0 radical (unpaired) electrons. The van der Waals surface area contributed by atoms with E-state index in [0.29, 0.717) is 12.1 Å². The van der Waals surface area contributed by atoms with Gasteiger partial charge in [-0.1, -0.05) is 0 Å². The summed E-state index contributed by atoms with van der Waals surface area (Å²) in [6.45, 7) is 1.95. The zero-order chi connectivity index (χ0) is 14.2. The highest BCUT2D eigenvalue weighted by molar-refractivity contribution is 7.90. The van der Waals surface area contributed by atoms with Crippen molar-refractivity contribution in [3.8, 4) is 0 Å². The number of nitrogens with one attached hydrogen (secondary N) is 1. The molecule has 1 aliphatic rings. The topological polar surface area (TPSA) is 61.8 Å². The van der Waals surface area contributed by atoms with Crippen LogP contribution in [0.1, 0.15) is 12.5 Å². The van der Waals surface area contributed by atoms with Crippen LogP contribution in [0.2, 0.25) is 0 Å². The van der Waals surface area contributed by atoms with Crippen molar-refractivity contribution >= 4 is 22.0 Å². The molecule has 104 valence electrons. The highest BCUT2D eigenvalue weighted by Gasteiger charge is 2.24. The monoisotopic (exact) mass is 285 g/mol. The molecule has 1 aromatic carbocycles. The van der Waals surface area contributed by atoms with Crippen LogP contribution in [0.5, 0.6) is 0 Å². The first-order valence-corrected chi connectivity index (χ1v) is 7.29. The van der Waals surface area contributed by atoms with E-state index in [9.17, 15) is 12.8 Å². The summed E-state index contributed by atoms with van der Waals surface area (Å²) < 4.78 is 41.2. The molecule has 0 aliphatic carbocycles. The van der Waals surface area contributed by atoms with E-state index in [1.165, 1.54) is 17.0 Å². The van der Waals surface area contributed by atoms with Crippen LogP contribution in [0.3, 0.4) is 0 Å². The van der Waals surface area contributed by atoms with Crippen LogP contribution in [0.4, 0.5) is 10.1 Å². The van der Waals surface area contributed by atoms with Gasteiger partial charge in [-0.15, -0.1) is 4.40 Å². The molecule has 7 heteroatoms. The molecule has 0 aromatic heterocycles. The normalized spacial score (nSPS) is 18.4. The Morgan fingerprint density at radius 1 is 1.47 bits per heavy atom. The van der Waals surface area contributed by atoms with Crippen LogP contribution in [0.15, 0.2) is 21.4 Å². The van der Waals surface area contributed by atoms with Crippen molar-refractivity contribution in [3.05, 3.63) is 23.5 Å². The van der Waals surface area contributed by atoms with Crippen molar-refractivity contribution in [2.45, 2.75) is 24.3 Å². The number of hydrogen-bond acceptors (Lipinski definition) is 3. The molecule has 0 spiro atoms. The molecular formula is C12H16FN3O2S. The predicted molar refractivity (Wildman–Crippen MR) is 72.6 cm³/mol. The number of halogens is 1. The zero-order valence-corrected chi connectivity index (χ0v) is 11.8. The first-order valence-electron chi connectivity index (χ1n) is 5.85. The maximum absolute atomic E-state index is 13.9. The van der Waals surface area contributed by atoms with Gasteiger partial charge in [0.05, 0.1) is 0 Å². The van der Waals surface area contributed by atoms with Crippen molar-refractivity contribution in [1.29, 1.82) is 0 Å². The standard InChI is InChI=1S/C12H16FN3O2S/c1-8-4-9-5-10(13)12(6-11(9)15-8)19(17,18)14-7-16(2)3/h5-8,15H,4H2,1-3H3/b14-7+. The lowest BCUT2D eigenvalue weighted by molar-refractivity contribution is 0.566. The van der Waals surface area contributed by atoms with E-state index in [4.69, 9.17) is 0 Å². The fraction of sp³-hybridized carbons (Fsp3) is 0.417. The third kappa shape index (κ3) is 2.86. The largest absolute Gasteiger partial charge is 0.382 e. The maximum Gasteiger partial charge on any atom is 0.286 e. The molecule has 0 amide bonds. The Kier molecular flexibility index (Phi) is 3.49. The Labute approximate surface area is 112 Å². The Hall–Kier alpha value is -1.63. The predicted octanol–water partition coefficient (Wildman–Crippen LogP) is 1.46. The summed E-state index contributed by atoms with van der Waals surface area (Å²) in [4.78, 5) is 1.08. The fourth-order valence-electron chi connectivity index (χ4n) is 1.95. The second-order valence-corrected chi connectivity index (χ2v) is 6.45. The molecule has 0 saturated heterocycles. The van der Waals surface area contributed by atoms with E-state index in [1.807, 2.05) is 6.92 Å². The number of benzene rings is 1. The Balaban J connectivity index is 2.44. The Bertz CT molecular complexity index is 626. The molecule has 1 aliphatic heterocycles. The smallest absolute Gasteiger partial charge is 0.286 e.